The van der Waals surface area contributed by atoms with E-state index in [1.807, 2.05) is 0 Å². The topological polar surface area (TPSA) is 99.0 Å². The molecule has 1 fully saturated rings. The van der Waals surface area contributed by atoms with Gasteiger partial charge in [-0.15, -0.1) is 0 Å². The monoisotopic (exact) mass is 205 g/mol. The van der Waals surface area contributed by atoms with Crippen molar-refractivity contribution in [2.24, 2.45) is 0 Å². The zero-order valence-electron chi connectivity index (χ0n) is 8.04. The smallest absolute Gasteiger partial charge is 0.217 e. The summed E-state index contributed by atoms with van der Waals surface area (Å²) in [5, 5.41) is 30.6. The predicted molar refractivity (Wildman–Crippen MR) is 46.2 cm³/mol. The van der Waals surface area contributed by atoms with E-state index in [1.54, 1.807) is 0 Å². The summed E-state index contributed by atoms with van der Waals surface area (Å²) < 4.78 is 4.91. The Labute approximate surface area is 81.5 Å². The molecule has 82 valence electrons. The first-order valence-electron chi connectivity index (χ1n) is 4.40. The quantitative estimate of drug-likeness (QED) is 0.395. The van der Waals surface area contributed by atoms with Crippen molar-refractivity contribution >= 4 is 5.91 Å². The van der Waals surface area contributed by atoms with Gasteiger partial charge < -0.3 is 25.4 Å². The number of hydrogen-bond donors (Lipinski definition) is 4. The Kier molecular flexibility index (Phi) is 3.43. The second-order valence-corrected chi connectivity index (χ2v) is 3.44. The highest BCUT2D eigenvalue weighted by atomic mass is 16.6. The first kappa shape index (κ1) is 11.4. The van der Waals surface area contributed by atoms with E-state index in [4.69, 9.17) is 4.74 Å². The van der Waals surface area contributed by atoms with E-state index in [-0.39, 0.29) is 0 Å². The third-order valence-electron chi connectivity index (χ3n) is 2.23. The van der Waals surface area contributed by atoms with E-state index >= 15 is 0 Å². The second kappa shape index (κ2) is 4.22. The van der Waals surface area contributed by atoms with Gasteiger partial charge >= 0.3 is 0 Å². The third-order valence-corrected chi connectivity index (χ3v) is 2.23. The Hall–Kier alpha value is -0.690. The molecule has 1 unspecified atom stereocenters. The van der Waals surface area contributed by atoms with E-state index in [0.717, 1.165) is 0 Å². The Morgan fingerprint density at radius 3 is 2.36 bits per heavy atom. The predicted octanol–water partition coefficient (Wildman–Crippen LogP) is -2.05. The molecule has 0 bridgehead atoms. The van der Waals surface area contributed by atoms with Crippen LogP contribution in [0.4, 0.5) is 0 Å². The van der Waals surface area contributed by atoms with Gasteiger partial charge in [-0.3, -0.25) is 4.79 Å². The summed E-state index contributed by atoms with van der Waals surface area (Å²) in [6.45, 7) is 2.78. The Bertz CT molecular complexity index is 222. The van der Waals surface area contributed by atoms with Crippen molar-refractivity contribution in [3.63, 3.8) is 0 Å². The van der Waals surface area contributed by atoms with Gasteiger partial charge in [0.1, 0.15) is 18.2 Å². The average molecular weight is 205 g/mol. The molecule has 0 radical (unpaired) electrons. The fourth-order valence-corrected chi connectivity index (χ4v) is 1.44. The Morgan fingerprint density at radius 2 is 1.86 bits per heavy atom. The minimum atomic E-state index is -1.30. The lowest BCUT2D eigenvalue weighted by Crippen LogP contribution is -2.62. The van der Waals surface area contributed by atoms with Crippen LogP contribution in [0.5, 0.6) is 0 Å². The molecule has 1 heterocycles. The highest BCUT2D eigenvalue weighted by Crippen LogP contribution is 2.19. The summed E-state index contributed by atoms with van der Waals surface area (Å²) in [5.41, 5.74) is 0. The molecule has 1 aliphatic heterocycles. The SMILES string of the molecule is CC(=O)N[C@@H]1C(O)O[C@H](C)[C@H](O)[C@@H]1O. The molecule has 6 nitrogen and oxygen atoms in total. The van der Waals surface area contributed by atoms with Crippen molar-refractivity contribution in [3.05, 3.63) is 0 Å². The van der Waals surface area contributed by atoms with Crippen LogP contribution in [0.15, 0.2) is 0 Å². The van der Waals surface area contributed by atoms with Crippen molar-refractivity contribution < 1.29 is 24.9 Å². The van der Waals surface area contributed by atoms with Gasteiger partial charge in [0, 0.05) is 6.92 Å². The molecule has 1 saturated heterocycles. The minimum Gasteiger partial charge on any atom is -0.388 e. The molecule has 0 spiro atoms. The molecule has 4 N–H and O–H groups in total. The van der Waals surface area contributed by atoms with Gasteiger partial charge in [0.05, 0.1) is 6.10 Å². The number of nitrogens with one attached hydrogen (secondary N) is 1. The average Bonchev–Trinajstić information content (AvgIpc) is 2.09. The normalized spacial score (nSPS) is 43.4. The summed E-state index contributed by atoms with van der Waals surface area (Å²) in [7, 11) is 0. The summed E-state index contributed by atoms with van der Waals surface area (Å²) in [5.74, 6) is -0.404. The van der Waals surface area contributed by atoms with Crippen LogP contribution in [0, 0.1) is 0 Å². The second-order valence-electron chi connectivity index (χ2n) is 3.44. The van der Waals surface area contributed by atoms with Crippen LogP contribution in [-0.4, -0.2) is 51.9 Å². The fraction of sp³-hybridized carbons (Fsp3) is 0.875. The summed E-state index contributed by atoms with van der Waals surface area (Å²) >= 11 is 0. The first-order chi connectivity index (χ1) is 6.43. The lowest BCUT2D eigenvalue weighted by atomic mass is 9.98. The van der Waals surface area contributed by atoms with Crippen molar-refractivity contribution in [1.82, 2.24) is 5.32 Å². The number of ether oxygens (including phenoxy) is 1. The molecule has 6 heteroatoms. The molecule has 5 atom stereocenters. The fourth-order valence-electron chi connectivity index (χ4n) is 1.44. The first-order valence-corrected chi connectivity index (χ1v) is 4.40. The zero-order valence-corrected chi connectivity index (χ0v) is 8.04. The largest absolute Gasteiger partial charge is 0.388 e. The molecular formula is C8H15NO5. The lowest BCUT2D eigenvalue weighted by molar-refractivity contribution is -0.242. The van der Waals surface area contributed by atoms with Gasteiger partial charge in [0.15, 0.2) is 6.29 Å². The Morgan fingerprint density at radius 1 is 1.29 bits per heavy atom. The van der Waals surface area contributed by atoms with Crippen LogP contribution in [0.1, 0.15) is 13.8 Å². The van der Waals surface area contributed by atoms with E-state index in [1.165, 1.54) is 13.8 Å². The number of aliphatic hydroxyl groups is 3. The summed E-state index contributed by atoms with van der Waals surface area (Å²) in [6, 6.07) is -0.987. The molecule has 1 aliphatic rings. The van der Waals surface area contributed by atoms with Crippen LogP contribution in [0.25, 0.3) is 0 Å². The number of carbonyl (C=O) groups is 1. The molecular weight excluding hydrogens is 190 g/mol. The Balaban J connectivity index is 2.68. The van der Waals surface area contributed by atoms with Crippen molar-refractivity contribution in [1.29, 1.82) is 0 Å². The molecule has 0 aromatic heterocycles. The van der Waals surface area contributed by atoms with Crippen LogP contribution >= 0.6 is 0 Å². The van der Waals surface area contributed by atoms with Gasteiger partial charge in [0.2, 0.25) is 5.91 Å². The molecule has 0 aliphatic carbocycles. The van der Waals surface area contributed by atoms with Gasteiger partial charge in [0.25, 0.3) is 0 Å². The van der Waals surface area contributed by atoms with Gasteiger partial charge in [-0.05, 0) is 6.92 Å². The maximum absolute atomic E-state index is 10.7. The van der Waals surface area contributed by atoms with Crippen molar-refractivity contribution in [3.8, 4) is 0 Å². The molecule has 1 amide bonds. The number of hydrogen-bond acceptors (Lipinski definition) is 5. The molecule has 1 rings (SSSR count). The van der Waals surface area contributed by atoms with Gasteiger partial charge in [-0.1, -0.05) is 0 Å². The van der Waals surface area contributed by atoms with Gasteiger partial charge in [-0.2, -0.15) is 0 Å². The van der Waals surface area contributed by atoms with Crippen LogP contribution in [0.3, 0.4) is 0 Å². The number of rotatable bonds is 1. The van der Waals surface area contributed by atoms with E-state index in [9.17, 15) is 20.1 Å². The van der Waals surface area contributed by atoms with Crippen molar-refractivity contribution in [2.75, 3.05) is 0 Å². The molecule has 0 aromatic rings. The molecule has 0 saturated carbocycles. The van der Waals surface area contributed by atoms with E-state index < -0.39 is 36.6 Å². The van der Waals surface area contributed by atoms with Crippen molar-refractivity contribution in [2.45, 2.75) is 44.5 Å². The van der Waals surface area contributed by atoms with Gasteiger partial charge in [-0.25, -0.2) is 0 Å². The molecule has 0 aromatic carbocycles. The number of carbonyl (C=O) groups excluding carboxylic acids is 1. The summed E-state index contributed by atoms with van der Waals surface area (Å²) in [4.78, 5) is 10.7. The maximum atomic E-state index is 10.7. The van der Waals surface area contributed by atoms with Crippen LogP contribution < -0.4 is 5.32 Å². The van der Waals surface area contributed by atoms with E-state index in [0.29, 0.717) is 0 Å². The highest BCUT2D eigenvalue weighted by Gasteiger charge is 2.42. The maximum Gasteiger partial charge on any atom is 0.217 e. The molecule has 14 heavy (non-hydrogen) atoms. The zero-order chi connectivity index (χ0) is 10.9. The number of aliphatic hydroxyl groups excluding tert-OH is 3. The third kappa shape index (κ3) is 2.21. The van der Waals surface area contributed by atoms with Crippen LogP contribution in [-0.2, 0) is 9.53 Å². The highest BCUT2D eigenvalue weighted by molar-refractivity contribution is 5.73. The minimum absolute atomic E-state index is 0.404. The standard InChI is InChI=1S/C8H15NO5/c1-3-6(11)7(12)5(8(13)14-3)9-4(2)10/h3,5-8,11-13H,1-2H3,(H,9,10)/t3-,5+,6+,7-,8?/m1/s1. The summed E-state index contributed by atoms with van der Waals surface area (Å²) in [6.07, 6.45) is -4.30. The van der Waals surface area contributed by atoms with Crippen LogP contribution in [0.2, 0.25) is 0 Å². The van der Waals surface area contributed by atoms with E-state index in [2.05, 4.69) is 5.32 Å². The number of amides is 1. The lowest BCUT2D eigenvalue weighted by Gasteiger charge is -2.39.